The molecule has 2 aliphatic heterocycles. The molecule has 0 bridgehead atoms. The molecule has 8 heteroatoms. The molecule has 2 heterocycles. The predicted octanol–water partition coefficient (Wildman–Crippen LogP) is 3.11. The highest BCUT2D eigenvalue weighted by Gasteiger charge is 2.67. The van der Waals surface area contributed by atoms with E-state index in [9.17, 15) is 20.1 Å². The van der Waals surface area contributed by atoms with E-state index in [4.69, 9.17) is 18.9 Å². The summed E-state index contributed by atoms with van der Waals surface area (Å²) >= 11 is 0. The molecule has 6 aliphatic rings. The van der Waals surface area contributed by atoms with Crippen LogP contribution in [0.5, 0.6) is 0 Å². The standard InChI is InChI=1S/C30H46O8/c1-16-24(32)26(35-4)25(33)27(37-16)38-19-7-10-28(2)18(14-19)5-6-22-21(28)8-11-29(3)20(9-12-30(22,29)34)17-13-23(31)36-15-17/h13,16,18-22,24-27,32-34H,5-12,14-15H2,1-4H3/t16-,18-,19-,20-,21+,22-,24+,25+,26+,27-,28-,29+,30-/m0/s1. The molecule has 5 fully saturated rings. The number of carbonyl (C=O) groups is 1. The fraction of sp³-hybridized carbons (Fsp3) is 0.900. The van der Waals surface area contributed by atoms with E-state index in [0.717, 1.165) is 63.4 Å². The molecule has 0 aromatic heterocycles. The summed E-state index contributed by atoms with van der Waals surface area (Å²) in [5.41, 5.74) is 0.300. The third-order valence-electron chi connectivity index (χ3n) is 12.3. The maximum absolute atomic E-state index is 12.4. The molecule has 4 aliphatic carbocycles. The van der Waals surface area contributed by atoms with Crippen molar-refractivity contribution >= 4 is 5.97 Å². The van der Waals surface area contributed by atoms with Gasteiger partial charge >= 0.3 is 5.97 Å². The Balaban J connectivity index is 1.16. The van der Waals surface area contributed by atoms with Gasteiger partial charge in [-0.15, -0.1) is 0 Å². The van der Waals surface area contributed by atoms with E-state index >= 15 is 0 Å². The number of hydrogen-bond acceptors (Lipinski definition) is 8. The second kappa shape index (κ2) is 9.52. The van der Waals surface area contributed by atoms with E-state index < -0.39 is 36.3 Å². The third-order valence-corrected chi connectivity index (χ3v) is 12.3. The Kier molecular flexibility index (Phi) is 6.80. The SMILES string of the molecule is CO[C@H]1[C@@H](O)[C@H](O[C@H]2CC[C@@]3(C)[C@@H](CC[C@H]4[C@H]3CC[C@]3(C)[C@H](C5=CC(=O)OC5)CC[C@]43O)C2)O[C@@H](C)[C@H]1O. The molecule has 3 N–H and O–H groups in total. The van der Waals surface area contributed by atoms with Crippen LogP contribution in [0.1, 0.15) is 78.6 Å². The number of fused-ring (bicyclic) bond motifs is 5. The normalized spacial score (nSPS) is 54.5. The predicted molar refractivity (Wildman–Crippen MR) is 138 cm³/mol. The van der Waals surface area contributed by atoms with Crippen molar-refractivity contribution in [2.45, 2.75) is 121 Å². The van der Waals surface area contributed by atoms with Crippen LogP contribution in [-0.4, -0.2) is 77.4 Å². The lowest BCUT2D eigenvalue weighted by atomic mass is 9.43. The number of cyclic esters (lactones) is 1. The van der Waals surface area contributed by atoms with E-state index in [1.807, 2.05) is 0 Å². The molecule has 4 saturated carbocycles. The van der Waals surface area contributed by atoms with Gasteiger partial charge in [-0.3, -0.25) is 0 Å². The van der Waals surface area contributed by atoms with Gasteiger partial charge in [0, 0.05) is 18.6 Å². The van der Waals surface area contributed by atoms with Gasteiger partial charge in [0.1, 0.15) is 24.9 Å². The largest absolute Gasteiger partial charge is 0.458 e. The van der Waals surface area contributed by atoms with E-state index in [1.54, 1.807) is 13.0 Å². The number of rotatable bonds is 4. The van der Waals surface area contributed by atoms with Crippen LogP contribution in [0.15, 0.2) is 11.6 Å². The van der Waals surface area contributed by atoms with Gasteiger partial charge in [-0.1, -0.05) is 13.8 Å². The van der Waals surface area contributed by atoms with Gasteiger partial charge in [-0.05, 0) is 99.4 Å². The van der Waals surface area contributed by atoms with Crippen molar-refractivity contribution in [2.75, 3.05) is 13.7 Å². The minimum Gasteiger partial charge on any atom is -0.458 e. The van der Waals surface area contributed by atoms with Crippen molar-refractivity contribution in [1.82, 2.24) is 0 Å². The molecule has 6 rings (SSSR count). The topological polar surface area (TPSA) is 115 Å². The second-order valence-electron chi connectivity index (χ2n) is 13.7. The molecule has 0 aromatic rings. The maximum atomic E-state index is 12.4. The lowest BCUT2D eigenvalue weighted by Crippen LogP contribution is -2.62. The fourth-order valence-corrected chi connectivity index (χ4v) is 10.1. The summed E-state index contributed by atoms with van der Waals surface area (Å²) in [6.45, 7) is 6.87. The van der Waals surface area contributed by atoms with Crippen molar-refractivity contribution in [3.05, 3.63) is 11.6 Å². The minimum atomic E-state index is -1.04. The van der Waals surface area contributed by atoms with Gasteiger partial charge in [0.15, 0.2) is 6.29 Å². The van der Waals surface area contributed by atoms with E-state index in [0.29, 0.717) is 18.4 Å². The van der Waals surface area contributed by atoms with Crippen LogP contribution < -0.4 is 0 Å². The molecule has 38 heavy (non-hydrogen) atoms. The summed E-state index contributed by atoms with van der Waals surface area (Å²) < 4.78 is 22.8. The minimum absolute atomic E-state index is 0.0103. The van der Waals surface area contributed by atoms with Gasteiger partial charge in [-0.25, -0.2) is 4.79 Å². The first kappa shape index (κ1) is 27.2. The highest BCUT2D eigenvalue weighted by Crippen LogP contribution is 2.70. The Bertz CT molecular complexity index is 968. The van der Waals surface area contributed by atoms with Crippen LogP contribution in [0.2, 0.25) is 0 Å². The molecule has 0 radical (unpaired) electrons. The molecule has 8 nitrogen and oxygen atoms in total. The number of carbonyl (C=O) groups excluding carboxylic acids is 1. The molecule has 13 atom stereocenters. The Labute approximate surface area is 226 Å². The molecular weight excluding hydrogens is 488 g/mol. The Hall–Kier alpha value is -1.03. The molecule has 214 valence electrons. The summed E-state index contributed by atoms with van der Waals surface area (Å²) in [6.07, 6.45) is 6.45. The van der Waals surface area contributed by atoms with Crippen LogP contribution >= 0.6 is 0 Å². The van der Waals surface area contributed by atoms with Crippen molar-refractivity contribution in [2.24, 2.45) is 34.5 Å². The quantitative estimate of drug-likeness (QED) is 0.372. The Morgan fingerprint density at radius 3 is 2.50 bits per heavy atom. The van der Waals surface area contributed by atoms with Gasteiger partial charge in [0.2, 0.25) is 0 Å². The van der Waals surface area contributed by atoms with Crippen LogP contribution in [-0.2, 0) is 23.7 Å². The molecule has 1 saturated heterocycles. The Morgan fingerprint density at radius 1 is 1.00 bits per heavy atom. The number of ether oxygens (including phenoxy) is 4. The van der Waals surface area contributed by atoms with Crippen molar-refractivity contribution in [3.8, 4) is 0 Å². The molecule has 0 amide bonds. The lowest BCUT2D eigenvalue weighted by molar-refractivity contribution is -0.313. The van der Waals surface area contributed by atoms with Gasteiger partial charge < -0.3 is 34.3 Å². The van der Waals surface area contributed by atoms with Crippen molar-refractivity contribution in [1.29, 1.82) is 0 Å². The molecular formula is C30H46O8. The number of aliphatic hydroxyl groups excluding tert-OH is 2. The lowest BCUT2D eigenvalue weighted by Gasteiger charge is -2.64. The first-order valence-corrected chi connectivity index (χ1v) is 14.8. The maximum Gasteiger partial charge on any atom is 0.331 e. The molecule has 0 aromatic carbocycles. The average Bonchev–Trinajstić information content (AvgIpc) is 3.43. The summed E-state index contributed by atoms with van der Waals surface area (Å²) in [6, 6.07) is 0. The number of hydrogen-bond donors (Lipinski definition) is 3. The molecule has 0 spiro atoms. The van der Waals surface area contributed by atoms with E-state index in [2.05, 4.69) is 13.8 Å². The first-order chi connectivity index (χ1) is 18.0. The zero-order valence-corrected chi connectivity index (χ0v) is 23.3. The number of aliphatic hydroxyl groups is 3. The first-order valence-electron chi connectivity index (χ1n) is 14.8. The van der Waals surface area contributed by atoms with Crippen molar-refractivity contribution < 1.29 is 39.1 Å². The zero-order valence-electron chi connectivity index (χ0n) is 23.3. The highest BCUT2D eigenvalue weighted by molar-refractivity contribution is 5.85. The number of methoxy groups -OCH3 is 1. The van der Waals surface area contributed by atoms with Crippen LogP contribution in [0.3, 0.4) is 0 Å². The van der Waals surface area contributed by atoms with E-state index in [1.165, 1.54) is 7.11 Å². The van der Waals surface area contributed by atoms with Crippen LogP contribution in [0, 0.1) is 34.5 Å². The highest BCUT2D eigenvalue weighted by atomic mass is 16.7. The smallest absolute Gasteiger partial charge is 0.331 e. The fourth-order valence-electron chi connectivity index (χ4n) is 10.1. The monoisotopic (exact) mass is 534 g/mol. The summed E-state index contributed by atoms with van der Waals surface area (Å²) in [7, 11) is 1.49. The van der Waals surface area contributed by atoms with E-state index in [-0.39, 0.29) is 34.7 Å². The second-order valence-corrected chi connectivity index (χ2v) is 13.7. The van der Waals surface area contributed by atoms with Crippen LogP contribution in [0.25, 0.3) is 0 Å². The third kappa shape index (κ3) is 3.88. The summed E-state index contributed by atoms with van der Waals surface area (Å²) in [4.78, 5) is 11.8. The zero-order chi connectivity index (χ0) is 27.0. The summed E-state index contributed by atoms with van der Waals surface area (Å²) in [5, 5.41) is 33.5. The Morgan fingerprint density at radius 2 is 1.79 bits per heavy atom. The van der Waals surface area contributed by atoms with Gasteiger partial charge in [0.05, 0.1) is 17.8 Å². The van der Waals surface area contributed by atoms with Crippen LogP contribution in [0.4, 0.5) is 0 Å². The molecule has 0 unspecified atom stereocenters. The van der Waals surface area contributed by atoms with Gasteiger partial charge in [0.25, 0.3) is 0 Å². The average molecular weight is 535 g/mol. The summed E-state index contributed by atoms with van der Waals surface area (Å²) in [5.74, 6) is 1.22. The number of esters is 1. The van der Waals surface area contributed by atoms with Crippen molar-refractivity contribution in [3.63, 3.8) is 0 Å². The van der Waals surface area contributed by atoms with Gasteiger partial charge in [-0.2, -0.15) is 0 Å².